The van der Waals surface area contributed by atoms with Crippen LogP contribution in [0.1, 0.15) is 83.5 Å². The second-order valence-electron chi connectivity index (χ2n) is 10.2. The monoisotopic (exact) mass is 548 g/mol. The van der Waals surface area contributed by atoms with Gasteiger partial charge < -0.3 is 30.0 Å². The van der Waals surface area contributed by atoms with E-state index in [-0.39, 0.29) is 23.6 Å². The Kier molecular flexibility index (Phi) is 12.2. The van der Waals surface area contributed by atoms with Crippen LogP contribution in [0.25, 0.3) is 0 Å². The number of hydrogen-bond acceptors (Lipinski definition) is 9. The standard InChI is InChI=1S/C28H40N2O9/c1-6-7-8-9-11-20-25(39-22(32)14-16(2)3)18(5)38-28(36)23(17(4)37-27(20)35)30-26(34)19-12-10-13-21(24(19)33)29-15-31/h10,12-13,15-18,20,23,25,33H,6-9,11,14H2,1-5H3,(H,29,31)(H,30,34)/t17-,18-,20-,23+,25-/m0/s1. The van der Waals surface area contributed by atoms with E-state index in [0.717, 1.165) is 19.3 Å². The number of unbranched alkanes of at least 4 members (excludes halogenated alkanes) is 3. The number of carbonyl (C=O) groups is 5. The van der Waals surface area contributed by atoms with Crippen molar-refractivity contribution in [1.82, 2.24) is 5.32 Å². The number of phenols is 1. The zero-order valence-electron chi connectivity index (χ0n) is 23.2. The summed E-state index contributed by atoms with van der Waals surface area (Å²) in [4.78, 5) is 62.9. The summed E-state index contributed by atoms with van der Waals surface area (Å²) in [5.41, 5.74) is -0.213. The summed E-state index contributed by atoms with van der Waals surface area (Å²) in [6, 6.07) is 2.71. The van der Waals surface area contributed by atoms with E-state index in [0.29, 0.717) is 19.3 Å². The van der Waals surface area contributed by atoms with Crippen molar-refractivity contribution in [1.29, 1.82) is 0 Å². The Labute approximate surface area is 228 Å². The first-order valence-electron chi connectivity index (χ1n) is 13.4. The molecule has 0 aliphatic carbocycles. The molecule has 2 amide bonds. The van der Waals surface area contributed by atoms with E-state index < -0.39 is 59.8 Å². The maximum Gasteiger partial charge on any atom is 0.332 e. The van der Waals surface area contributed by atoms with E-state index in [1.165, 1.54) is 32.0 Å². The van der Waals surface area contributed by atoms with Gasteiger partial charge in [0.05, 0.1) is 17.2 Å². The van der Waals surface area contributed by atoms with Gasteiger partial charge >= 0.3 is 17.9 Å². The number of amides is 2. The molecule has 0 spiro atoms. The van der Waals surface area contributed by atoms with Crippen LogP contribution >= 0.6 is 0 Å². The topological polar surface area (TPSA) is 157 Å². The molecule has 39 heavy (non-hydrogen) atoms. The Morgan fingerprint density at radius 2 is 1.77 bits per heavy atom. The van der Waals surface area contributed by atoms with Crippen LogP contribution in [0.4, 0.5) is 5.69 Å². The SMILES string of the molecule is CCCCCC[C@@H]1C(=O)O[C@@H](C)[C@@H](NC(=O)c2cccc(NC=O)c2O)C(=O)O[C@@H](C)[C@@H]1OC(=O)CC(C)C. The molecule has 11 nitrogen and oxygen atoms in total. The van der Waals surface area contributed by atoms with Crippen molar-refractivity contribution in [2.24, 2.45) is 11.8 Å². The lowest BCUT2D eigenvalue weighted by molar-refractivity contribution is -0.175. The summed E-state index contributed by atoms with van der Waals surface area (Å²) >= 11 is 0. The highest BCUT2D eigenvalue weighted by molar-refractivity contribution is 6.01. The number of anilines is 1. The molecule has 1 aliphatic heterocycles. The van der Waals surface area contributed by atoms with Crippen molar-refractivity contribution in [3.8, 4) is 5.75 Å². The van der Waals surface area contributed by atoms with E-state index >= 15 is 0 Å². The van der Waals surface area contributed by atoms with Crippen LogP contribution in [0.3, 0.4) is 0 Å². The summed E-state index contributed by atoms with van der Waals surface area (Å²) in [6.45, 7) is 8.77. The molecule has 0 radical (unpaired) electrons. The number of carbonyl (C=O) groups excluding carboxylic acids is 5. The minimum atomic E-state index is -1.42. The minimum absolute atomic E-state index is 0.000221. The first kappa shape index (κ1) is 31.6. The molecule has 0 unspecified atom stereocenters. The zero-order chi connectivity index (χ0) is 29.1. The molecule has 1 aromatic rings. The number of benzene rings is 1. The quantitative estimate of drug-likeness (QED) is 0.117. The molecule has 1 aliphatic rings. The summed E-state index contributed by atoms with van der Waals surface area (Å²) in [7, 11) is 0. The average molecular weight is 549 g/mol. The predicted molar refractivity (Wildman–Crippen MR) is 142 cm³/mol. The molecule has 3 N–H and O–H groups in total. The fourth-order valence-electron chi connectivity index (χ4n) is 4.40. The number of phenolic OH excluding ortho intramolecular Hbond substituents is 1. The van der Waals surface area contributed by atoms with E-state index in [1.54, 1.807) is 0 Å². The van der Waals surface area contributed by atoms with Gasteiger partial charge in [-0.25, -0.2) is 4.79 Å². The van der Waals surface area contributed by atoms with Crippen molar-refractivity contribution in [2.75, 3.05) is 5.32 Å². The fourth-order valence-corrected chi connectivity index (χ4v) is 4.40. The van der Waals surface area contributed by atoms with Gasteiger partial charge in [-0.2, -0.15) is 0 Å². The molecule has 5 atom stereocenters. The highest BCUT2D eigenvalue weighted by atomic mass is 16.6. The number of para-hydroxylation sites is 1. The molecular weight excluding hydrogens is 508 g/mol. The van der Waals surface area contributed by atoms with Gasteiger partial charge in [0.2, 0.25) is 6.41 Å². The third-order valence-corrected chi connectivity index (χ3v) is 6.48. The second-order valence-corrected chi connectivity index (χ2v) is 10.2. The Bertz CT molecular complexity index is 1030. The van der Waals surface area contributed by atoms with Gasteiger partial charge in [0, 0.05) is 6.42 Å². The zero-order valence-corrected chi connectivity index (χ0v) is 23.2. The molecule has 216 valence electrons. The van der Waals surface area contributed by atoms with Crippen molar-refractivity contribution < 1.29 is 43.3 Å². The van der Waals surface area contributed by atoms with Gasteiger partial charge in [0.1, 0.15) is 12.2 Å². The Morgan fingerprint density at radius 1 is 1.08 bits per heavy atom. The Balaban J connectivity index is 2.33. The molecule has 1 fully saturated rings. The third kappa shape index (κ3) is 8.97. The fraction of sp³-hybridized carbons (Fsp3) is 0.607. The van der Waals surface area contributed by atoms with Crippen LogP contribution in [0, 0.1) is 11.8 Å². The van der Waals surface area contributed by atoms with Crippen LogP contribution in [0.5, 0.6) is 5.75 Å². The van der Waals surface area contributed by atoms with Crippen LogP contribution in [-0.4, -0.2) is 59.7 Å². The highest BCUT2D eigenvalue weighted by Crippen LogP contribution is 2.29. The number of ether oxygens (including phenoxy) is 3. The van der Waals surface area contributed by atoms with Crippen molar-refractivity contribution >= 4 is 35.9 Å². The van der Waals surface area contributed by atoms with E-state index in [4.69, 9.17) is 14.2 Å². The molecule has 2 rings (SSSR count). The number of hydrogen-bond donors (Lipinski definition) is 3. The maximum absolute atomic E-state index is 13.4. The van der Waals surface area contributed by atoms with Gasteiger partial charge in [-0.05, 0) is 38.3 Å². The van der Waals surface area contributed by atoms with Crippen molar-refractivity contribution in [3.63, 3.8) is 0 Å². The first-order chi connectivity index (χ1) is 18.5. The molecule has 0 bridgehead atoms. The smallest absolute Gasteiger partial charge is 0.332 e. The predicted octanol–water partition coefficient (Wildman–Crippen LogP) is 3.48. The Morgan fingerprint density at radius 3 is 2.41 bits per heavy atom. The number of esters is 3. The van der Waals surface area contributed by atoms with Gasteiger partial charge in [-0.15, -0.1) is 0 Å². The summed E-state index contributed by atoms with van der Waals surface area (Å²) < 4.78 is 16.9. The Hall–Kier alpha value is -3.63. The maximum atomic E-state index is 13.4. The van der Waals surface area contributed by atoms with Crippen LogP contribution in [0.15, 0.2) is 18.2 Å². The van der Waals surface area contributed by atoms with Crippen molar-refractivity contribution in [2.45, 2.75) is 97.5 Å². The molecule has 0 saturated carbocycles. The van der Waals surface area contributed by atoms with Crippen LogP contribution in [-0.2, 0) is 33.4 Å². The normalized spacial score (nSPS) is 23.5. The van der Waals surface area contributed by atoms with Crippen LogP contribution in [0.2, 0.25) is 0 Å². The molecular formula is C28H40N2O9. The van der Waals surface area contributed by atoms with E-state index in [2.05, 4.69) is 17.6 Å². The summed E-state index contributed by atoms with van der Waals surface area (Å²) in [5, 5.41) is 15.1. The number of nitrogens with one attached hydrogen (secondary N) is 2. The van der Waals surface area contributed by atoms with Crippen molar-refractivity contribution in [3.05, 3.63) is 23.8 Å². The number of rotatable bonds is 12. The average Bonchev–Trinajstić information content (AvgIpc) is 2.88. The summed E-state index contributed by atoms with van der Waals surface area (Å²) in [5.74, 6) is -4.26. The van der Waals surface area contributed by atoms with Gasteiger partial charge in [-0.3, -0.25) is 19.2 Å². The summed E-state index contributed by atoms with van der Waals surface area (Å²) in [6.07, 6.45) is 1.17. The molecule has 1 aromatic carbocycles. The second kappa shape index (κ2) is 15.1. The number of cyclic esters (lactones) is 2. The molecule has 11 heteroatoms. The highest BCUT2D eigenvalue weighted by Gasteiger charge is 2.44. The van der Waals surface area contributed by atoms with Gasteiger partial charge in [-0.1, -0.05) is 52.5 Å². The third-order valence-electron chi connectivity index (χ3n) is 6.48. The largest absolute Gasteiger partial charge is 0.505 e. The number of aromatic hydroxyl groups is 1. The van der Waals surface area contributed by atoms with Gasteiger partial charge in [0.15, 0.2) is 17.9 Å². The lowest BCUT2D eigenvalue weighted by Crippen LogP contribution is -2.50. The lowest BCUT2D eigenvalue weighted by atomic mass is 9.92. The molecule has 1 saturated heterocycles. The van der Waals surface area contributed by atoms with E-state index in [9.17, 15) is 29.1 Å². The molecule has 1 heterocycles. The first-order valence-corrected chi connectivity index (χ1v) is 13.4. The van der Waals surface area contributed by atoms with Gasteiger partial charge in [0.25, 0.3) is 5.91 Å². The molecule has 0 aromatic heterocycles. The minimum Gasteiger partial charge on any atom is -0.505 e. The lowest BCUT2D eigenvalue weighted by Gasteiger charge is -2.29. The van der Waals surface area contributed by atoms with Crippen LogP contribution < -0.4 is 10.6 Å². The van der Waals surface area contributed by atoms with E-state index in [1.807, 2.05) is 13.8 Å².